The molecule has 0 spiro atoms. The SMILES string of the molecule is CCOP(=O)(CC(CC(C)C)C(=O)N[C@@H](CC(C)C)C(=O)NC)CN1C(=O)c2cccc3c(O)ccc(c23)C1=O. The van der Waals surface area contributed by atoms with Gasteiger partial charge >= 0.3 is 0 Å². The maximum Gasteiger partial charge on any atom is 0.261 e. The number of rotatable bonds is 13. The van der Waals surface area contributed by atoms with Crippen LogP contribution < -0.4 is 10.6 Å². The van der Waals surface area contributed by atoms with Crippen molar-refractivity contribution in [2.45, 2.75) is 53.5 Å². The number of nitrogens with one attached hydrogen (secondary N) is 2. The van der Waals surface area contributed by atoms with Crippen molar-refractivity contribution in [3.8, 4) is 5.75 Å². The fourth-order valence-electron chi connectivity index (χ4n) is 5.20. The zero-order chi connectivity index (χ0) is 29.8. The van der Waals surface area contributed by atoms with Gasteiger partial charge in [-0.2, -0.15) is 0 Å². The van der Waals surface area contributed by atoms with Crippen molar-refractivity contribution in [1.29, 1.82) is 0 Å². The lowest BCUT2D eigenvalue weighted by molar-refractivity contribution is -0.131. The highest BCUT2D eigenvalue weighted by Gasteiger charge is 2.41. The van der Waals surface area contributed by atoms with Crippen molar-refractivity contribution >= 4 is 41.8 Å². The summed E-state index contributed by atoms with van der Waals surface area (Å²) in [5, 5.41) is 16.4. The summed E-state index contributed by atoms with van der Waals surface area (Å²) >= 11 is 0. The average Bonchev–Trinajstić information content (AvgIpc) is 2.89. The second-order valence-corrected chi connectivity index (χ2v) is 13.6. The van der Waals surface area contributed by atoms with E-state index in [0.717, 1.165) is 4.90 Å². The Bertz CT molecular complexity index is 1320. The molecule has 0 aromatic heterocycles. The summed E-state index contributed by atoms with van der Waals surface area (Å²) in [5.41, 5.74) is 0.425. The largest absolute Gasteiger partial charge is 0.507 e. The third-order valence-corrected chi connectivity index (χ3v) is 9.34. The van der Waals surface area contributed by atoms with Gasteiger partial charge < -0.3 is 20.3 Å². The first-order valence-corrected chi connectivity index (χ1v) is 15.7. The molecule has 0 bridgehead atoms. The van der Waals surface area contributed by atoms with Gasteiger partial charge in [0, 0.05) is 41.0 Å². The van der Waals surface area contributed by atoms with Gasteiger partial charge in [0.2, 0.25) is 19.2 Å². The first-order valence-electron chi connectivity index (χ1n) is 13.7. The molecule has 2 unspecified atom stereocenters. The molecule has 40 heavy (non-hydrogen) atoms. The number of amides is 4. The molecule has 0 saturated heterocycles. The number of nitrogens with zero attached hydrogens (tertiary/aromatic N) is 1. The first-order chi connectivity index (χ1) is 18.8. The smallest absolute Gasteiger partial charge is 0.261 e. The van der Waals surface area contributed by atoms with E-state index >= 15 is 0 Å². The molecule has 1 heterocycles. The Morgan fingerprint density at radius 1 is 0.975 bits per heavy atom. The van der Waals surface area contributed by atoms with Gasteiger partial charge in [0.25, 0.3) is 11.8 Å². The minimum Gasteiger partial charge on any atom is -0.507 e. The number of benzene rings is 2. The first kappa shape index (κ1) is 31.3. The predicted octanol–water partition coefficient (Wildman–Crippen LogP) is 4.35. The maximum atomic E-state index is 14.3. The molecule has 10 nitrogen and oxygen atoms in total. The molecular weight excluding hydrogens is 533 g/mol. The van der Waals surface area contributed by atoms with Gasteiger partial charge in [-0.15, -0.1) is 0 Å². The lowest BCUT2D eigenvalue weighted by atomic mass is 9.94. The minimum absolute atomic E-state index is 0.0512. The normalized spacial score (nSPS) is 16.2. The van der Waals surface area contributed by atoms with Gasteiger partial charge in [-0.25, -0.2) is 0 Å². The van der Waals surface area contributed by atoms with Gasteiger partial charge in [0.15, 0.2) is 0 Å². The van der Waals surface area contributed by atoms with Crippen molar-refractivity contribution in [3.05, 3.63) is 41.5 Å². The summed E-state index contributed by atoms with van der Waals surface area (Å²) in [4.78, 5) is 53.8. The second-order valence-electron chi connectivity index (χ2n) is 11.1. The number of carbonyl (C=O) groups excluding carboxylic acids is 4. The Balaban J connectivity index is 1.92. The van der Waals surface area contributed by atoms with Crippen LogP contribution in [0.5, 0.6) is 5.75 Å². The number of aromatic hydroxyl groups is 1. The molecule has 1 aliphatic rings. The number of hydrogen-bond acceptors (Lipinski definition) is 7. The Kier molecular flexibility index (Phi) is 10.1. The van der Waals surface area contributed by atoms with Gasteiger partial charge in [0.05, 0.1) is 6.61 Å². The van der Waals surface area contributed by atoms with Gasteiger partial charge in [-0.3, -0.25) is 28.6 Å². The summed E-state index contributed by atoms with van der Waals surface area (Å²) in [7, 11) is -2.25. The molecule has 2 aromatic carbocycles. The fraction of sp³-hybridized carbons (Fsp3) is 0.517. The summed E-state index contributed by atoms with van der Waals surface area (Å²) in [6.07, 6.45) is 0.104. The number of likely N-dealkylation sites (N-methyl/N-ethyl adjacent to an activating group) is 1. The average molecular weight is 574 g/mol. The van der Waals surface area contributed by atoms with Crippen LogP contribution in [0.3, 0.4) is 0 Å². The van der Waals surface area contributed by atoms with E-state index in [0.29, 0.717) is 23.6 Å². The molecule has 0 radical (unpaired) electrons. The molecule has 11 heteroatoms. The zero-order valence-electron chi connectivity index (χ0n) is 24.0. The van der Waals surface area contributed by atoms with E-state index in [1.54, 1.807) is 25.1 Å². The van der Waals surface area contributed by atoms with Crippen molar-refractivity contribution < 1.29 is 33.4 Å². The highest BCUT2D eigenvalue weighted by molar-refractivity contribution is 7.59. The minimum atomic E-state index is -3.75. The third kappa shape index (κ3) is 6.91. The molecule has 1 aliphatic heterocycles. The monoisotopic (exact) mass is 573 g/mol. The van der Waals surface area contributed by atoms with E-state index in [-0.39, 0.29) is 47.4 Å². The van der Waals surface area contributed by atoms with E-state index in [4.69, 9.17) is 4.52 Å². The lowest BCUT2D eigenvalue weighted by Crippen LogP contribution is -2.49. The highest BCUT2D eigenvalue weighted by atomic mass is 31.2. The van der Waals surface area contributed by atoms with E-state index < -0.39 is 43.3 Å². The quantitative estimate of drug-likeness (QED) is 0.239. The van der Waals surface area contributed by atoms with Crippen molar-refractivity contribution in [2.24, 2.45) is 17.8 Å². The van der Waals surface area contributed by atoms with E-state index in [2.05, 4.69) is 10.6 Å². The molecule has 3 N–H and O–H groups in total. The van der Waals surface area contributed by atoms with Crippen molar-refractivity contribution in [2.75, 3.05) is 26.1 Å². The van der Waals surface area contributed by atoms with Crippen LogP contribution in [0.15, 0.2) is 30.3 Å². The maximum absolute atomic E-state index is 14.3. The van der Waals surface area contributed by atoms with E-state index in [9.17, 15) is 28.8 Å². The Morgan fingerprint density at radius 2 is 1.60 bits per heavy atom. The van der Waals surface area contributed by atoms with Gasteiger partial charge in [-0.05, 0) is 49.8 Å². The zero-order valence-corrected chi connectivity index (χ0v) is 24.9. The molecular formula is C29H40N3O7P. The summed E-state index contributed by atoms with van der Waals surface area (Å²) in [5.74, 6) is -2.66. The topological polar surface area (TPSA) is 142 Å². The standard InChI is InChI=1S/C29H40N3O7P/c1-7-39-40(38,15-19(13-17(2)3)26(34)31-23(14-18(4)5)27(35)30-6)16-32-28(36)21-10-8-9-20-24(33)12-11-22(25(20)21)29(32)37/h8-12,17-19,23,33H,7,13-16H2,1-6H3,(H,30,35)(H,31,34)/t19?,23-,40?/m0/s1. The van der Waals surface area contributed by atoms with Crippen LogP contribution in [0.4, 0.5) is 0 Å². The van der Waals surface area contributed by atoms with Crippen molar-refractivity contribution in [3.63, 3.8) is 0 Å². The third-order valence-electron chi connectivity index (χ3n) is 6.90. The lowest BCUT2D eigenvalue weighted by Gasteiger charge is -2.32. The number of imide groups is 1. The van der Waals surface area contributed by atoms with Gasteiger partial charge in [0.1, 0.15) is 18.1 Å². The fourth-order valence-corrected chi connectivity index (χ4v) is 7.64. The second kappa shape index (κ2) is 13.0. The van der Waals surface area contributed by atoms with E-state index in [1.165, 1.54) is 19.2 Å². The number of carbonyl (C=O) groups is 4. The Morgan fingerprint density at radius 3 is 2.17 bits per heavy atom. The predicted molar refractivity (Wildman–Crippen MR) is 153 cm³/mol. The van der Waals surface area contributed by atoms with Gasteiger partial charge in [-0.1, -0.05) is 39.8 Å². The molecule has 2 aromatic rings. The van der Waals surface area contributed by atoms with Crippen LogP contribution in [0.25, 0.3) is 10.8 Å². The van der Waals surface area contributed by atoms with Crippen LogP contribution >= 0.6 is 7.37 Å². The Labute approximate surface area is 235 Å². The van der Waals surface area contributed by atoms with Crippen LogP contribution in [0.1, 0.15) is 68.2 Å². The van der Waals surface area contributed by atoms with Crippen molar-refractivity contribution in [1.82, 2.24) is 15.5 Å². The van der Waals surface area contributed by atoms with Crippen LogP contribution in [0.2, 0.25) is 0 Å². The highest BCUT2D eigenvalue weighted by Crippen LogP contribution is 2.51. The number of phenolic OH excluding ortho intramolecular Hbond substituents is 1. The Hall–Kier alpha value is -3.23. The molecule has 4 amide bonds. The molecule has 3 atom stereocenters. The van der Waals surface area contributed by atoms with Crippen LogP contribution in [-0.4, -0.2) is 65.8 Å². The number of hydrogen-bond donors (Lipinski definition) is 3. The molecule has 0 saturated carbocycles. The van der Waals surface area contributed by atoms with Crippen LogP contribution in [0, 0.1) is 17.8 Å². The number of phenols is 1. The summed E-state index contributed by atoms with van der Waals surface area (Å²) in [6, 6.07) is 6.87. The van der Waals surface area contributed by atoms with Crippen LogP contribution in [-0.2, 0) is 18.7 Å². The summed E-state index contributed by atoms with van der Waals surface area (Å²) in [6.45, 7) is 9.47. The van der Waals surface area contributed by atoms with E-state index in [1.807, 2.05) is 27.7 Å². The molecule has 3 rings (SSSR count). The summed E-state index contributed by atoms with van der Waals surface area (Å²) < 4.78 is 20.0. The molecule has 0 aliphatic carbocycles. The molecule has 218 valence electrons. The molecule has 0 fully saturated rings.